The van der Waals surface area contributed by atoms with Gasteiger partial charge in [-0.3, -0.25) is 14.9 Å². The van der Waals surface area contributed by atoms with Gasteiger partial charge in [-0.1, -0.05) is 23.4 Å². The zero-order chi connectivity index (χ0) is 19.7. The van der Waals surface area contributed by atoms with Gasteiger partial charge in [-0.15, -0.1) is 5.10 Å². The van der Waals surface area contributed by atoms with Crippen LogP contribution in [0.5, 0.6) is 0 Å². The number of nitrogens with zero attached hydrogens (tertiary/aromatic N) is 5. The maximum absolute atomic E-state index is 12.4. The van der Waals surface area contributed by atoms with Crippen molar-refractivity contribution in [3.05, 3.63) is 50.8 Å². The van der Waals surface area contributed by atoms with Crippen LogP contribution in [0.3, 0.4) is 0 Å². The van der Waals surface area contributed by atoms with E-state index in [9.17, 15) is 14.9 Å². The Bertz CT molecular complexity index is 1050. The molecule has 0 spiro atoms. The first kappa shape index (κ1) is 19.1. The van der Waals surface area contributed by atoms with Gasteiger partial charge in [-0.25, -0.2) is 9.50 Å². The van der Waals surface area contributed by atoms with Gasteiger partial charge in [0, 0.05) is 23.5 Å². The average Bonchev–Trinajstić information content (AvgIpc) is 2.98. The third-order valence-corrected chi connectivity index (χ3v) is 4.94. The standard InChI is InChI=1S/C16H15ClN6O3S/c1-8-6-9(2)22-15(18-8)20-16(21-22)27-10(3)14(24)19-13-5-4-11(23(25)26)7-12(13)17/h4-7,10H,1-3H3,(H,19,24). The van der Waals surface area contributed by atoms with Crippen LogP contribution in [0.1, 0.15) is 18.3 Å². The quantitative estimate of drug-likeness (QED) is 0.392. The van der Waals surface area contributed by atoms with E-state index in [4.69, 9.17) is 11.6 Å². The number of carbonyl (C=O) groups is 1. The number of amides is 1. The molecular formula is C16H15ClN6O3S. The van der Waals surface area contributed by atoms with Crippen LogP contribution in [0.25, 0.3) is 5.78 Å². The number of aromatic nitrogens is 4. The lowest BCUT2D eigenvalue weighted by atomic mass is 10.2. The molecule has 1 N–H and O–H groups in total. The second kappa shape index (κ2) is 7.49. The fourth-order valence-corrected chi connectivity index (χ4v) is 3.33. The largest absolute Gasteiger partial charge is 0.324 e. The normalized spacial score (nSPS) is 12.1. The topological polar surface area (TPSA) is 115 Å². The van der Waals surface area contributed by atoms with Crippen molar-refractivity contribution in [1.29, 1.82) is 0 Å². The van der Waals surface area contributed by atoms with Gasteiger partial charge >= 0.3 is 0 Å². The predicted molar refractivity (Wildman–Crippen MR) is 102 cm³/mol. The highest BCUT2D eigenvalue weighted by molar-refractivity contribution is 8.00. The van der Waals surface area contributed by atoms with E-state index in [0.29, 0.717) is 16.6 Å². The van der Waals surface area contributed by atoms with Crippen molar-refractivity contribution in [1.82, 2.24) is 19.6 Å². The van der Waals surface area contributed by atoms with E-state index in [-0.39, 0.29) is 16.6 Å². The summed E-state index contributed by atoms with van der Waals surface area (Å²) < 4.78 is 1.62. The maximum atomic E-state index is 12.4. The van der Waals surface area contributed by atoms with Crippen LogP contribution < -0.4 is 5.32 Å². The molecule has 1 aromatic carbocycles. The van der Waals surface area contributed by atoms with Crippen LogP contribution in [0.4, 0.5) is 11.4 Å². The fraction of sp³-hybridized carbons (Fsp3) is 0.250. The van der Waals surface area contributed by atoms with Gasteiger partial charge in [0.1, 0.15) is 0 Å². The summed E-state index contributed by atoms with van der Waals surface area (Å²) in [4.78, 5) is 31.3. The van der Waals surface area contributed by atoms with Crippen molar-refractivity contribution < 1.29 is 9.72 Å². The molecule has 0 aliphatic heterocycles. The third kappa shape index (κ3) is 4.17. The molecule has 1 unspecified atom stereocenters. The molecule has 0 radical (unpaired) electrons. The van der Waals surface area contributed by atoms with Crippen LogP contribution in [-0.2, 0) is 4.79 Å². The number of nitrogens with one attached hydrogen (secondary N) is 1. The predicted octanol–water partition coefficient (Wildman–Crippen LogP) is 3.42. The summed E-state index contributed by atoms with van der Waals surface area (Å²) in [5.41, 5.74) is 1.89. The van der Waals surface area contributed by atoms with Gasteiger partial charge in [0.2, 0.25) is 11.1 Å². The monoisotopic (exact) mass is 406 g/mol. The Morgan fingerprint density at radius 2 is 2.07 bits per heavy atom. The van der Waals surface area contributed by atoms with E-state index in [0.717, 1.165) is 11.4 Å². The van der Waals surface area contributed by atoms with Gasteiger partial charge in [0.05, 0.1) is 20.9 Å². The third-order valence-electron chi connectivity index (χ3n) is 3.67. The molecule has 0 bridgehead atoms. The molecule has 3 aromatic rings. The number of rotatable bonds is 5. The lowest BCUT2D eigenvalue weighted by Gasteiger charge is -2.11. The molecule has 1 amide bonds. The highest BCUT2D eigenvalue weighted by atomic mass is 35.5. The van der Waals surface area contributed by atoms with E-state index in [2.05, 4.69) is 20.4 Å². The summed E-state index contributed by atoms with van der Waals surface area (Å²) in [7, 11) is 0. The second-order valence-electron chi connectivity index (χ2n) is 5.82. The van der Waals surface area contributed by atoms with Gasteiger partial charge in [0.15, 0.2) is 0 Å². The maximum Gasteiger partial charge on any atom is 0.271 e. The van der Waals surface area contributed by atoms with Crippen LogP contribution in [0, 0.1) is 24.0 Å². The lowest BCUT2D eigenvalue weighted by molar-refractivity contribution is -0.384. The van der Waals surface area contributed by atoms with Gasteiger partial charge in [-0.05, 0) is 32.9 Å². The van der Waals surface area contributed by atoms with Gasteiger partial charge < -0.3 is 5.32 Å². The summed E-state index contributed by atoms with van der Waals surface area (Å²) in [6.45, 7) is 5.48. The Kier molecular flexibility index (Phi) is 5.29. The minimum atomic E-state index is -0.553. The number of thioether (sulfide) groups is 1. The highest BCUT2D eigenvalue weighted by Crippen LogP contribution is 2.28. The number of nitro groups is 1. The molecule has 3 rings (SSSR count). The van der Waals surface area contributed by atoms with E-state index in [1.54, 1.807) is 11.4 Å². The molecule has 0 saturated heterocycles. The van der Waals surface area contributed by atoms with Crippen LogP contribution in [-0.4, -0.2) is 35.7 Å². The second-order valence-corrected chi connectivity index (χ2v) is 7.53. The smallest absolute Gasteiger partial charge is 0.271 e. The van der Waals surface area contributed by atoms with E-state index < -0.39 is 10.2 Å². The van der Waals surface area contributed by atoms with Crippen molar-refractivity contribution in [2.24, 2.45) is 0 Å². The Balaban J connectivity index is 1.73. The Labute approximate surface area is 163 Å². The van der Waals surface area contributed by atoms with Crippen molar-refractivity contribution >= 4 is 46.4 Å². The Morgan fingerprint density at radius 1 is 1.33 bits per heavy atom. The number of aryl methyl sites for hydroxylation is 2. The molecule has 27 heavy (non-hydrogen) atoms. The number of carbonyl (C=O) groups excluding carboxylic acids is 1. The zero-order valence-corrected chi connectivity index (χ0v) is 16.2. The molecule has 1 atom stereocenters. The van der Waals surface area contributed by atoms with E-state index in [1.807, 2.05) is 19.9 Å². The molecule has 0 fully saturated rings. The molecule has 2 aromatic heterocycles. The highest BCUT2D eigenvalue weighted by Gasteiger charge is 2.20. The number of hydrogen-bond donors (Lipinski definition) is 1. The number of halogens is 1. The Morgan fingerprint density at radius 3 is 2.74 bits per heavy atom. The molecule has 2 heterocycles. The number of anilines is 1. The summed E-state index contributed by atoms with van der Waals surface area (Å²) in [6, 6.07) is 5.76. The lowest BCUT2D eigenvalue weighted by Crippen LogP contribution is -2.22. The van der Waals surface area contributed by atoms with E-state index >= 15 is 0 Å². The minimum absolute atomic E-state index is 0.0934. The van der Waals surface area contributed by atoms with Crippen molar-refractivity contribution in [2.45, 2.75) is 31.2 Å². The molecule has 0 aliphatic rings. The summed E-state index contributed by atoms with van der Waals surface area (Å²) in [5.74, 6) is 0.150. The first-order valence-corrected chi connectivity index (χ1v) is 9.13. The van der Waals surface area contributed by atoms with Crippen LogP contribution in [0.2, 0.25) is 5.02 Å². The Hall–Kier alpha value is -2.72. The molecular weight excluding hydrogens is 392 g/mol. The summed E-state index contributed by atoms with van der Waals surface area (Å²) >= 11 is 7.18. The average molecular weight is 407 g/mol. The molecule has 0 aliphatic carbocycles. The van der Waals surface area contributed by atoms with Gasteiger partial charge in [0.25, 0.3) is 11.5 Å². The molecule has 9 nitrogen and oxygen atoms in total. The fourth-order valence-electron chi connectivity index (χ4n) is 2.36. The number of nitro benzene ring substituents is 1. The van der Waals surface area contributed by atoms with Crippen LogP contribution in [0.15, 0.2) is 29.4 Å². The first-order chi connectivity index (χ1) is 12.7. The van der Waals surface area contributed by atoms with E-state index in [1.165, 1.54) is 30.0 Å². The van der Waals surface area contributed by atoms with Crippen molar-refractivity contribution in [3.63, 3.8) is 0 Å². The molecule has 140 valence electrons. The SMILES string of the molecule is Cc1cc(C)n2nc(SC(C)C(=O)Nc3ccc([N+](=O)[O-])cc3Cl)nc2n1. The molecule has 0 saturated carbocycles. The molecule has 11 heteroatoms. The minimum Gasteiger partial charge on any atom is -0.324 e. The number of fused-ring (bicyclic) bond motifs is 1. The zero-order valence-electron chi connectivity index (χ0n) is 14.6. The van der Waals surface area contributed by atoms with Gasteiger partial charge in [-0.2, -0.15) is 4.98 Å². The number of benzene rings is 1. The van der Waals surface area contributed by atoms with Crippen molar-refractivity contribution in [3.8, 4) is 0 Å². The summed E-state index contributed by atoms with van der Waals surface area (Å²) in [5, 5.41) is 17.8. The number of non-ortho nitro benzene ring substituents is 1. The van der Waals surface area contributed by atoms with Crippen LogP contribution >= 0.6 is 23.4 Å². The first-order valence-electron chi connectivity index (χ1n) is 7.87. The van der Waals surface area contributed by atoms with Crippen molar-refractivity contribution in [2.75, 3.05) is 5.32 Å². The summed E-state index contributed by atoms with van der Waals surface area (Å²) in [6.07, 6.45) is 0. The number of hydrogen-bond acceptors (Lipinski definition) is 7.